The van der Waals surface area contributed by atoms with Gasteiger partial charge in [0, 0.05) is 27.6 Å². The van der Waals surface area contributed by atoms with E-state index >= 15 is 0 Å². The lowest BCUT2D eigenvalue weighted by Gasteiger charge is -2.20. The molecule has 0 radical (unpaired) electrons. The number of hydrogen-bond acceptors (Lipinski definition) is 2. The zero-order valence-electron chi connectivity index (χ0n) is 12.5. The van der Waals surface area contributed by atoms with Gasteiger partial charge in [-0.3, -0.25) is 9.59 Å². The van der Waals surface area contributed by atoms with Crippen LogP contribution in [-0.4, -0.2) is 17.4 Å². The summed E-state index contributed by atoms with van der Waals surface area (Å²) in [6, 6.07) is 16.5. The van der Waals surface area contributed by atoms with E-state index in [9.17, 15) is 9.59 Å². The number of anilines is 1. The van der Waals surface area contributed by atoms with Gasteiger partial charge in [-0.1, -0.05) is 34.1 Å². The third-order valence-electron chi connectivity index (χ3n) is 3.67. The Morgan fingerprint density at radius 1 is 1.13 bits per heavy atom. The highest BCUT2D eigenvalue weighted by atomic mass is 79.9. The van der Waals surface area contributed by atoms with Gasteiger partial charge in [-0.15, -0.1) is 0 Å². The number of nitrogens with zero attached hydrogens (tertiary/aromatic N) is 1. The molecule has 5 heteroatoms. The van der Waals surface area contributed by atoms with Crippen molar-refractivity contribution in [2.24, 2.45) is 0 Å². The highest BCUT2D eigenvalue weighted by Gasteiger charge is 2.19. The molecule has 0 spiro atoms. The molecule has 0 aliphatic carbocycles. The molecular formula is C18H15BrN2O2. The molecular weight excluding hydrogens is 356 g/mol. The number of hydrogen-bond donors (Lipinski definition) is 1. The normalized spacial score (nSPS) is 10.7. The first-order valence-corrected chi connectivity index (χ1v) is 8.09. The van der Waals surface area contributed by atoms with E-state index in [-0.39, 0.29) is 17.0 Å². The van der Waals surface area contributed by atoms with E-state index in [4.69, 9.17) is 0 Å². The Labute approximate surface area is 141 Å². The minimum atomic E-state index is -0.376. The second kappa shape index (κ2) is 6.38. The van der Waals surface area contributed by atoms with E-state index in [0.717, 1.165) is 15.5 Å². The van der Waals surface area contributed by atoms with Crippen LogP contribution in [0.3, 0.4) is 0 Å². The predicted molar refractivity (Wildman–Crippen MR) is 96.1 cm³/mol. The van der Waals surface area contributed by atoms with Gasteiger partial charge in [0.15, 0.2) is 0 Å². The van der Waals surface area contributed by atoms with Crippen LogP contribution in [0.1, 0.15) is 17.3 Å². The minimum Gasteiger partial charge on any atom is -0.321 e. The summed E-state index contributed by atoms with van der Waals surface area (Å²) in [6.07, 6.45) is 0. The number of carbonyl (C=O) groups is 1. The number of benzene rings is 2. The molecule has 1 N–H and O–H groups in total. The zero-order valence-corrected chi connectivity index (χ0v) is 14.1. The molecule has 0 unspecified atom stereocenters. The third kappa shape index (κ3) is 3.05. The van der Waals surface area contributed by atoms with Gasteiger partial charge < -0.3 is 9.88 Å². The maximum absolute atomic E-state index is 12.8. The van der Waals surface area contributed by atoms with Crippen molar-refractivity contribution < 1.29 is 4.79 Å². The van der Waals surface area contributed by atoms with Crippen LogP contribution in [-0.2, 0) is 0 Å². The Hall–Kier alpha value is -2.40. The highest BCUT2D eigenvalue weighted by Crippen LogP contribution is 2.20. The standard InChI is InChI=1S/C18H15BrN2O2/c1-2-21(14-6-4-3-5-7-14)18(23)15-11-12-10-13(19)8-9-16(12)20-17(15)22/h3-11H,2H2,1H3,(H,20,22). The van der Waals surface area contributed by atoms with E-state index in [1.165, 1.54) is 0 Å². The van der Waals surface area contributed by atoms with Crippen molar-refractivity contribution in [1.82, 2.24) is 4.98 Å². The van der Waals surface area contributed by atoms with Gasteiger partial charge in [0.25, 0.3) is 11.5 Å². The summed E-state index contributed by atoms with van der Waals surface area (Å²) in [5, 5.41) is 0.812. The molecule has 0 fully saturated rings. The number of rotatable bonds is 3. The second-order valence-corrected chi connectivity index (χ2v) is 6.04. The molecule has 0 aliphatic rings. The molecule has 4 nitrogen and oxygen atoms in total. The van der Waals surface area contributed by atoms with Crippen molar-refractivity contribution >= 4 is 38.4 Å². The monoisotopic (exact) mass is 370 g/mol. The van der Waals surface area contributed by atoms with Crippen molar-refractivity contribution in [3.05, 3.63) is 75.0 Å². The molecule has 0 bridgehead atoms. The number of fused-ring (bicyclic) bond motifs is 1. The number of para-hydroxylation sites is 1. The van der Waals surface area contributed by atoms with Crippen molar-refractivity contribution in [1.29, 1.82) is 0 Å². The molecule has 116 valence electrons. The summed E-state index contributed by atoms with van der Waals surface area (Å²) in [5.74, 6) is -0.304. The van der Waals surface area contributed by atoms with Crippen molar-refractivity contribution in [2.75, 3.05) is 11.4 Å². The van der Waals surface area contributed by atoms with Gasteiger partial charge in [0.1, 0.15) is 5.56 Å². The van der Waals surface area contributed by atoms with Crippen LogP contribution < -0.4 is 10.5 Å². The molecule has 3 rings (SSSR count). The molecule has 0 saturated heterocycles. The first-order valence-electron chi connectivity index (χ1n) is 7.29. The van der Waals surface area contributed by atoms with Crippen LogP contribution in [0.15, 0.2) is 63.9 Å². The average Bonchev–Trinajstić information content (AvgIpc) is 2.56. The largest absolute Gasteiger partial charge is 0.321 e. The summed E-state index contributed by atoms with van der Waals surface area (Å²) in [5.41, 5.74) is 1.24. The smallest absolute Gasteiger partial charge is 0.263 e. The van der Waals surface area contributed by atoms with Crippen LogP contribution in [0, 0.1) is 0 Å². The summed E-state index contributed by atoms with van der Waals surface area (Å²) < 4.78 is 0.894. The van der Waals surface area contributed by atoms with E-state index in [0.29, 0.717) is 12.1 Å². The third-order valence-corrected chi connectivity index (χ3v) is 4.16. The quantitative estimate of drug-likeness (QED) is 0.758. The van der Waals surface area contributed by atoms with E-state index in [1.807, 2.05) is 55.5 Å². The number of aromatic nitrogens is 1. The van der Waals surface area contributed by atoms with Crippen molar-refractivity contribution in [2.45, 2.75) is 6.92 Å². The Bertz CT molecular complexity index is 919. The molecule has 3 aromatic rings. The van der Waals surface area contributed by atoms with Gasteiger partial charge >= 0.3 is 0 Å². The van der Waals surface area contributed by atoms with E-state index < -0.39 is 0 Å². The number of aromatic amines is 1. The predicted octanol–water partition coefficient (Wildman–Crippen LogP) is 3.96. The minimum absolute atomic E-state index is 0.140. The lowest BCUT2D eigenvalue weighted by atomic mass is 10.1. The van der Waals surface area contributed by atoms with E-state index in [1.54, 1.807) is 11.0 Å². The van der Waals surface area contributed by atoms with Gasteiger partial charge in [0.2, 0.25) is 0 Å². The number of amides is 1. The molecule has 1 aromatic heterocycles. The molecule has 1 heterocycles. The fourth-order valence-corrected chi connectivity index (χ4v) is 2.91. The molecule has 1 amide bonds. The van der Waals surface area contributed by atoms with Gasteiger partial charge in [-0.2, -0.15) is 0 Å². The Morgan fingerprint density at radius 3 is 2.57 bits per heavy atom. The van der Waals surface area contributed by atoms with E-state index in [2.05, 4.69) is 20.9 Å². The fourth-order valence-electron chi connectivity index (χ4n) is 2.53. The number of carbonyl (C=O) groups excluding carboxylic acids is 1. The van der Waals surface area contributed by atoms with Crippen LogP contribution in [0.25, 0.3) is 10.9 Å². The highest BCUT2D eigenvalue weighted by molar-refractivity contribution is 9.10. The van der Waals surface area contributed by atoms with Crippen molar-refractivity contribution in [3.63, 3.8) is 0 Å². The second-order valence-electron chi connectivity index (χ2n) is 5.13. The Balaban J connectivity index is 2.09. The number of halogens is 1. The number of nitrogens with one attached hydrogen (secondary N) is 1. The summed E-state index contributed by atoms with van der Waals surface area (Å²) >= 11 is 3.40. The fraction of sp³-hybridized carbons (Fsp3) is 0.111. The molecule has 0 saturated carbocycles. The van der Waals surface area contributed by atoms with Crippen LogP contribution in [0.2, 0.25) is 0 Å². The van der Waals surface area contributed by atoms with Gasteiger partial charge in [-0.05, 0) is 43.3 Å². The molecule has 2 aromatic carbocycles. The van der Waals surface area contributed by atoms with Crippen molar-refractivity contribution in [3.8, 4) is 0 Å². The van der Waals surface area contributed by atoms with Crippen LogP contribution in [0.5, 0.6) is 0 Å². The molecule has 0 atom stereocenters. The number of H-pyrrole nitrogens is 1. The molecule has 0 aliphatic heterocycles. The summed E-state index contributed by atoms with van der Waals surface area (Å²) in [4.78, 5) is 29.5. The Kier molecular flexibility index (Phi) is 4.30. The first kappa shape index (κ1) is 15.5. The Morgan fingerprint density at radius 2 is 1.87 bits per heavy atom. The van der Waals surface area contributed by atoms with Gasteiger partial charge in [-0.25, -0.2) is 0 Å². The summed E-state index contributed by atoms with van der Waals surface area (Å²) in [7, 11) is 0. The van der Waals surface area contributed by atoms with Gasteiger partial charge in [0.05, 0.1) is 0 Å². The lowest BCUT2D eigenvalue weighted by Crippen LogP contribution is -2.34. The van der Waals surface area contributed by atoms with Crippen LogP contribution in [0.4, 0.5) is 5.69 Å². The average molecular weight is 371 g/mol. The maximum atomic E-state index is 12.8. The topological polar surface area (TPSA) is 53.2 Å². The SMILES string of the molecule is CCN(C(=O)c1cc2cc(Br)ccc2[nH]c1=O)c1ccccc1. The van der Waals surface area contributed by atoms with Crippen LogP contribution >= 0.6 is 15.9 Å². The number of pyridine rings is 1. The summed E-state index contributed by atoms with van der Waals surface area (Å²) in [6.45, 7) is 2.37. The zero-order chi connectivity index (χ0) is 16.4. The first-order chi connectivity index (χ1) is 11.1. The lowest BCUT2D eigenvalue weighted by molar-refractivity contribution is 0.0987. The maximum Gasteiger partial charge on any atom is 0.263 e. The molecule has 23 heavy (non-hydrogen) atoms.